The Morgan fingerprint density at radius 1 is 0.939 bits per heavy atom. The number of aromatic nitrogens is 1. The summed E-state index contributed by atoms with van der Waals surface area (Å²) in [5.74, 6) is -0.841. The molecule has 2 heterocycles. The standard InChI is InChI=1S/C39H53N5O5/c1-7-26(2)35(44-22-21-43(38(44)49)25-30-20-14-15-27(3)40-30)36(46)42-34(33(39(4,5)6)29-18-12-9-13-19-29)32(45)24-31(41-37(47)48)23-28-16-10-8-11-17-28/h8-20,26,31-35,41,45H,7,21-25H2,1-6H3,(H,42,46)(H,47,48)/t26-,31-,32-,33?,34+,35-/m0/s1. The van der Waals surface area contributed by atoms with Gasteiger partial charge in [0.05, 0.1) is 24.4 Å². The molecule has 4 amide bonds. The Morgan fingerprint density at radius 2 is 1.59 bits per heavy atom. The van der Waals surface area contributed by atoms with Crippen LogP contribution in [0.15, 0.2) is 78.9 Å². The number of carboxylic acid groups (broad SMARTS) is 1. The number of aryl methyl sites for hydroxylation is 1. The minimum atomic E-state index is -1.18. The Morgan fingerprint density at radius 3 is 2.18 bits per heavy atom. The minimum absolute atomic E-state index is 0.0689. The van der Waals surface area contributed by atoms with Crippen LogP contribution in [-0.2, 0) is 17.8 Å². The largest absolute Gasteiger partial charge is 0.465 e. The third-order valence-electron chi connectivity index (χ3n) is 9.57. The molecule has 49 heavy (non-hydrogen) atoms. The lowest BCUT2D eigenvalue weighted by Crippen LogP contribution is -2.58. The molecule has 1 aliphatic heterocycles. The highest BCUT2D eigenvalue weighted by Crippen LogP contribution is 2.40. The number of amides is 4. The molecule has 0 saturated carbocycles. The van der Waals surface area contributed by atoms with Gasteiger partial charge in [0.15, 0.2) is 0 Å². The first-order valence-corrected chi connectivity index (χ1v) is 17.3. The van der Waals surface area contributed by atoms with Gasteiger partial charge in [0.25, 0.3) is 0 Å². The second-order valence-corrected chi connectivity index (χ2v) is 14.4. The van der Waals surface area contributed by atoms with Crippen LogP contribution in [0.2, 0.25) is 0 Å². The third-order valence-corrected chi connectivity index (χ3v) is 9.57. The maximum atomic E-state index is 14.6. The fraction of sp³-hybridized carbons (Fsp3) is 0.487. The second-order valence-electron chi connectivity index (χ2n) is 14.4. The summed E-state index contributed by atoms with van der Waals surface area (Å²) in [5.41, 5.74) is 3.12. The van der Waals surface area contributed by atoms with Gasteiger partial charge in [-0.25, -0.2) is 9.59 Å². The summed E-state index contributed by atoms with van der Waals surface area (Å²) < 4.78 is 0. The van der Waals surface area contributed by atoms with Gasteiger partial charge in [-0.2, -0.15) is 0 Å². The van der Waals surface area contributed by atoms with Crippen molar-refractivity contribution in [1.82, 2.24) is 25.4 Å². The molecule has 264 valence electrons. The molecule has 10 heteroatoms. The van der Waals surface area contributed by atoms with Crippen molar-refractivity contribution in [3.05, 3.63) is 101 Å². The molecule has 1 unspecified atom stereocenters. The van der Waals surface area contributed by atoms with Crippen LogP contribution in [0.1, 0.15) is 75.9 Å². The molecular weight excluding hydrogens is 618 g/mol. The van der Waals surface area contributed by atoms with E-state index < -0.39 is 35.7 Å². The minimum Gasteiger partial charge on any atom is -0.465 e. The number of carbonyl (C=O) groups is 3. The van der Waals surface area contributed by atoms with E-state index in [2.05, 4.69) is 36.4 Å². The van der Waals surface area contributed by atoms with Crippen molar-refractivity contribution < 1.29 is 24.6 Å². The van der Waals surface area contributed by atoms with Crippen molar-refractivity contribution in [3.8, 4) is 0 Å². The first-order valence-electron chi connectivity index (χ1n) is 17.3. The monoisotopic (exact) mass is 671 g/mol. The van der Waals surface area contributed by atoms with Gasteiger partial charge in [-0.15, -0.1) is 0 Å². The predicted octanol–water partition coefficient (Wildman–Crippen LogP) is 5.99. The maximum Gasteiger partial charge on any atom is 0.404 e. The molecule has 6 atom stereocenters. The van der Waals surface area contributed by atoms with Gasteiger partial charge in [0.1, 0.15) is 6.04 Å². The first-order chi connectivity index (χ1) is 23.3. The molecule has 1 aliphatic rings. The van der Waals surface area contributed by atoms with Crippen molar-refractivity contribution in [2.45, 2.75) is 97.5 Å². The number of pyridine rings is 1. The molecule has 0 bridgehead atoms. The number of nitrogens with one attached hydrogen (secondary N) is 2. The van der Waals surface area contributed by atoms with Crippen molar-refractivity contribution in [3.63, 3.8) is 0 Å². The van der Waals surface area contributed by atoms with Crippen molar-refractivity contribution in [2.24, 2.45) is 11.3 Å². The van der Waals surface area contributed by atoms with E-state index >= 15 is 0 Å². The summed E-state index contributed by atoms with van der Waals surface area (Å²) >= 11 is 0. The molecule has 1 aromatic heterocycles. The summed E-state index contributed by atoms with van der Waals surface area (Å²) in [7, 11) is 0. The fourth-order valence-electron chi connectivity index (χ4n) is 7.08. The maximum absolute atomic E-state index is 14.6. The van der Waals surface area contributed by atoms with Gasteiger partial charge in [-0.05, 0) is 54.4 Å². The number of carbonyl (C=O) groups excluding carboxylic acids is 2. The number of aliphatic hydroxyl groups is 1. The SMILES string of the molecule is CC[C@H](C)[C@@H](C(=O)N[C@@H](C(c1ccccc1)C(C)(C)C)[C@@H](O)C[C@H](Cc1ccccc1)NC(=O)O)N1CCN(Cc2cccc(C)n2)C1=O. The predicted molar refractivity (Wildman–Crippen MR) is 191 cm³/mol. The Hall–Kier alpha value is -4.44. The molecular formula is C39H53N5O5. The second kappa shape index (κ2) is 16.8. The Kier molecular flexibility index (Phi) is 12.8. The van der Waals surface area contributed by atoms with Gasteiger partial charge in [-0.3, -0.25) is 9.78 Å². The molecule has 4 N–H and O–H groups in total. The van der Waals surface area contributed by atoms with E-state index in [1.54, 1.807) is 9.80 Å². The van der Waals surface area contributed by atoms with Crippen LogP contribution >= 0.6 is 0 Å². The number of hydrogen-bond acceptors (Lipinski definition) is 5. The smallest absolute Gasteiger partial charge is 0.404 e. The number of urea groups is 1. The number of rotatable bonds is 15. The molecule has 0 aliphatic carbocycles. The molecule has 10 nitrogen and oxygen atoms in total. The highest BCUT2D eigenvalue weighted by atomic mass is 16.4. The molecule has 1 fully saturated rings. The molecule has 1 saturated heterocycles. The van der Waals surface area contributed by atoms with Crippen molar-refractivity contribution in [2.75, 3.05) is 13.1 Å². The zero-order valence-corrected chi connectivity index (χ0v) is 29.7. The van der Waals surface area contributed by atoms with Gasteiger partial charge < -0.3 is 30.6 Å². The van der Waals surface area contributed by atoms with Crippen LogP contribution in [0.25, 0.3) is 0 Å². The average molecular weight is 672 g/mol. The molecule has 3 aromatic rings. The molecule has 2 aromatic carbocycles. The van der Waals surface area contributed by atoms with E-state index in [9.17, 15) is 24.6 Å². The van der Waals surface area contributed by atoms with Gasteiger partial charge in [0, 0.05) is 30.7 Å². The Labute approximate surface area is 290 Å². The molecule has 0 spiro atoms. The number of benzene rings is 2. The molecule has 0 radical (unpaired) electrons. The van der Waals surface area contributed by atoms with Crippen LogP contribution in [0, 0.1) is 18.3 Å². The number of nitrogens with zero attached hydrogens (tertiary/aromatic N) is 3. The van der Waals surface area contributed by atoms with Crippen molar-refractivity contribution >= 4 is 18.0 Å². The summed E-state index contributed by atoms with van der Waals surface area (Å²) in [5, 5.41) is 27.6. The van der Waals surface area contributed by atoms with Crippen LogP contribution in [0.3, 0.4) is 0 Å². The summed E-state index contributed by atoms with van der Waals surface area (Å²) in [6, 6.07) is 22.7. The summed E-state index contributed by atoms with van der Waals surface area (Å²) in [6.07, 6.45) is -1.19. The fourth-order valence-corrected chi connectivity index (χ4v) is 7.08. The van der Waals surface area contributed by atoms with Crippen molar-refractivity contribution in [1.29, 1.82) is 0 Å². The van der Waals surface area contributed by atoms with Gasteiger partial charge in [0.2, 0.25) is 5.91 Å². The Bertz CT molecular complexity index is 1530. The zero-order valence-electron chi connectivity index (χ0n) is 29.7. The third kappa shape index (κ3) is 10.0. The average Bonchev–Trinajstić information content (AvgIpc) is 3.39. The lowest BCUT2D eigenvalue weighted by atomic mass is 9.70. The summed E-state index contributed by atoms with van der Waals surface area (Å²) in [4.78, 5) is 48.2. The number of aliphatic hydroxyl groups excluding tert-OH is 1. The van der Waals surface area contributed by atoms with Crippen LogP contribution < -0.4 is 10.6 Å². The topological polar surface area (TPSA) is 135 Å². The highest BCUT2D eigenvalue weighted by molar-refractivity contribution is 5.88. The summed E-state index contributed by atoms with van der Waals surface area (Å²) in [6.45, 7) is 13.3. The first kappa shape index (κ1) is 37.4. The van der Waals surface area contributed by atoms with E-state index in [0.717, 1.165) is 22.5 Å². The lowest BCUT2D eigenvalue weighted by molar-refractivity contribution is -0.129. The Balaban J connectivity index is 1.66. The zero-order chi connectivity index (χ0) is 35.7. The number of hydrogen-bond donors (Lipinski definition) is 4. The van der Waals surface area contributed by atoms with Gasteiger partial charge >= 0.3 is 12.1 Å². The van der Waals surface area contributed by atoms with E-state index in [-0.39, 0.29) is 30.2 Å². The van der Waals surface area contributed by atoms with Crippen LogP contribution in [0.5, 0.6) is 0 Å². The molecule has 4 rings (SSSR count). The lowest BCUT2D eigenvalue weighted by Gasteiger charge is -2.42. The van der Waals surface area contributed by atoms with E-state index in [0.29, 0.717) is 32.5 Å². The van der Waals surface area contributed by atoms with Gasteiger partial charge in [-0.1, -0.05) is 108 Å². The van der Waals surface area contributed by atoms with E-state index in [1.807, 2.05) is 99.6 Å². The van der Waals surface area contributed by atoms with Crippen LogP contribution in [0.4, 0.5) is 9.59 Å². The normalized spacial score (nSPS) is 17.2. The van der Waals surface area contributed by atoms with E-state index in [1.165, 1.54) is 0 Å². The van der Waals surface area contributed by atoms with E-state index in [4.69, 9.17) is 0 Å². The quantitative estimate of drug-likeness (QED) is 0.157. The highest BCUT2D eigenvalue weighted by Gasteiger charge is 2.44. The van der Waals surface area contributed by atoms with Crippen LogP contribution in [-0.4, -0.2) is 80.3 Å².